The molecule has 0 aromatic rings. The van der Waals surface area contributed by atoms with Crippen LogP contribution in [0.2, 0.25) is 0 Å². The van der Waals surface area contributed by atoms with Crippen molar-refractivity contribution in [2.45, 2.75) is 13.0 Å². The molecule has 1 aliphatic rings. The Morgan fingerprint density at radius 3 is 2.93 bits per heavy atom. The number of morpholine rings is 1. The standard InChI is InChI=1S/C8H13NO5/c1-2-14-8(12)9-3-4-13-5-6(9)7(10)11/h6H,2-5H2,1H3,(H,10,11). The predicted molar refractivity (Wildman–Crippen MR) is 46.0 cm³/mol. The summed E-state index contributed by atoms with van der Waals surface area (Å²) in [4.78, 5) is 23.2. The zero-order valence-electron chi connectivity index (χ0n) is 7.93. The van der Waals surface area contributed by atoms with Gasteiger partial charge >= 0.3 is 12.1 Å². The summed E-state index contributed by atoms with van der Waals surface area (Å²) < 4.78 is 9.70. The molecule has 1 amide bonds. The maximum atomic E-state index is 11.3. The Bertz CT molecular complexity index is 230. The Morgan fingerprint density at radius 1 is 1.64 bits per heavy atom. The molecule has 6 nitrogen and oxygen atoms in total. The number of amides is 1. The van der Waals surface area contributed by atoms with Crippen LogP contribution < -0.4 is 0 Å². The summed E-state index contributed by atoms with van der Waals surface area (Å²) in [6.45, 7) is 2.54. The van der Waals surface area contributed by atoms with Crippen LogP contribution in [0.1, 0.15) is 6.92 Å². The minimum Gasteiger partial charge on any atom is -0.480 e. The molecule has 1 saturated heterocycles. The first kappa shape index (κ1) is 10.8. The minimum atomic E-state index is -1.07. The molecular formula is C8H13NO5. The first-order valence-electron chi connectivity index (χ1n) is 4.40. The van der Waals surface area contributed by atoms with E-state index in [4.69, 9.17) is 14.6 Å². The number of aliphatic carboxylic acids is 1. The monoisotopic (exact) mass is 203 g/mol. The normalized spacial score (nSPS) is 21.8. The Hall–Kier alpha value is -1.30. The molecule has 1 rings (SSSR count). The Kier molecular flexibility index (Phi) is 3.70. The molecule has 1 atom stereocenters. The lowest BCUT2D eigenvalue weighted by molar-refractivity contribution is -0.148. The lowest BCUT2D eigenvalue weighted by Gasteiger charge is -2.31. The van der Waals surface area contributed by atoms with Crippen molar-refractivity contribution < 1.29 is 24.2 Å². The molecule has 1 N–H and O–H groups in total. The van der Waals surface area contributed by atoms with Crippen LogP contribution in [-0.4, -0.2) is 54.5 Å². The van der Waals surface area contributed by atoms with Crippen LogP contribution in [0.4, 0.5) is 4.79 Å². The van der Waals surface area contributed by atoms with Gasteiger partial charge in [0, 0.05) is 6.54 Å². The average Bonchev–Trinajstić information content (AvgIpc) is 2.18. The third-order valence-corrected chi connectivity index (χ3v) is 1.92. The van der Waals surface area contributed by atoms with E-state index in [2.05, 4.69) is 0 Å². The van der Waals surface area contributed by atoms with Gasteiger partial charge in [-0.05, 0) is 6.92 Å². The Morgan fingerprint density at radius 2 is 2.36 bits per heavy atom. The van der Waals surface area contributed by atoms with Crippen molar-refractivity contribution >= 4 is 12.1 Å². The maximum absolute atomic E-state index is 11.3. The highest BCUT2D eigenvalue weighted by molar-refractivity contribution is 5.80. The maximum Gasteiger partial charge on any atom is 0.410 e. The van der Waals surface area contributed by atoms with Gasteiger partial charge < -0.3 is 14.6 Å². The molecular weight excluding hydrogens is 190 g/mol. The van der Waals surface area contributed by atoms with E-state index in [-0.39, 0.29) is 19.8 Å². The summed E-state index contributed by atoms with van der Waals surface area (Å²) in [5.41, 5.74) is 0. The molecule has 0 aromatic heterocycles. The van der Waals surface area contributed by atoms with Crippen LogP contribution in [0, 0.1) is 0 Å². The molecule has 0 radical (unpaired) electrons. The molecule has 14 heavy (non-hydrogen) atoms. The van der Waals surface area contributed by atoms with Crippen LogP contribution in [0.5, 0.6) is 0 Å². The summed E-state index contributed by atoms with van der Waals surface area (Å²) in [6, 6.07) is -0.928. The number of carbonyl (C=O) groups excluding carboxylic acids is 1. The van der Waals surface area contributed by atoms with Crippen molar-refractivity contribution in [2.75, 3.05) is 26.4 Å². The fourth-order valence-electron chi connectivity index (χ4n) is 1.23. The van der Waals surface area contributed by atoms with Gasteiger partial charge in [0.2, 0.25) is 0 Å². The summed E-state index contributed by atoms with van der Waals surface area (Å²) in [5, 5.41) is 8.80. The lowest BCUT2D eigenvalue weighted by Crippen LogP contribution is -2.52. The van der Waals surface area contributed by atoms with Gasteiger partial charge in [0.15, 0.2) is 6.04 Å². The molecule has 0 saturated carbocycles. The quantitative estimate of drug-likeness (QED) is 0.679. The van der Waals surface area contributed by atoms with E-state index < -0.39 is 18.1 Å². The van der Waals surface area contributed by atoms with Gasteiger partial charge in [-0.15, -0.1) is 0 Å². The molecule has 6 heteroatoms. The fraction of sp³-hybridized carbons (Fsp3) is 0.750. The smallest absolute Gasteiger partial charge is 0.410 e. The highest BCUT2D eigenvalue weighted by Gasteiger charge is 2.33. The summed E-state index contributed by atoms with van der Waals surface area (Å²) in [7, 11) is 0. The van der Waals surface area contributed by atoms with Gasteiger partial charge in [-0.1, -0.05) is 0 Å². The second-order valence-electron chi connectivity index (χ2n) is 2.82. The van der Waals surface area contributed by atoms with Crippen molar-refractivity contribution in [1.29, 1.82) is 0 Å². The van der Waals surface area contributed by atoms with Crippen molar-refractivity contribution in [3.05, 3.63) is 0 Å². The third-order valence-electron chi connectivity index (χ3n) is 1.92. The number of carboxylic acids is 1. The van der Waals surface area contributed by atoms with E-state index in [1.807, 2.05) is 0 Å². The summed E-state index contributed by atoms with van der Waals surface area (Å²) >= 11 is 0. The number of carbonyl (C=O) groups is 2. The zero-order valence-corrected chi connectivity index (χ0v) is 7.93. The van der Waals surface area contributed by atoms with Gasteiger partial charge in [-0.3, -0.25) is 4.90 Å². The van der Waals surface area contributed by atoms with Crippen molar-refractivity contribution in [3.63, 3.8) is 0 Å². The first-order chi connectivity index (χ1) is 6.66. The number of hydrogen-bond donors (Lipinski definition) is 1. The van der Waals surface area contributed by atoms with Gasteiger partial charge in [-0.25, -0.2) is 9.59 Å². The second kappa shape index (κ2) is 4.80. The number of nitrogens with zero attached hydrogens (tertiary/aromatic N) is 1. The predicted octanol–water partition coefficient (Wildman–Crippen LogP) is -0.0717. The van der Waals surface area contributed by atoms with E-state index in [0.29, 0.717) is 6.61 Å². The van der Waals surface area contributed by atoms with Crippen LogP contribution in [-0.2, 0) is 14.3 Å². The minimum absolute atomic E-state index is 0.0220. The topological polar surface area (TPSA) is 76.1 Å². The highest BCUT2D eigenvalue weighted by atomic mass is 16.6. The number of hydrogen-bond acceptors (Lipinski definition) is 4. The molecule has 80 valence electrons. The Labute approximate surface area is 81.4 Å². The van der Waals surface area contributed by atoms with Crippen LogP contribution in [0.3, 0.4) is 0 Å². The van der Waals surface area contributed by atoms with Crippen LogP contribution in [0.25, 0.3) is 0 Å². The number of rotatable bonds is 2. The molecule has 1 aliphatic heterocycles. The highest BCUT2D eigenvalue weighted by Crippen LogP contribution is 2.08. The molecule has 1 heterocycles. The molecule has 1 unspecified atom stereocenters. The SMILES string of the molecule is CCOC(=O)N1CCOCC1C(=O)O. The summed E-state index contributed by atoms with van der Waals surface area (Å²) in [6.07, 6.45) is -0.594. The van der Waals surface area contributed by atoms with Gasteiger partial charge in [-0.2, -0.15) is 0 Å². The largest absolute Gasteiger partial charge is 0.480 e. The van der Waals surface area contributed by atoms with Gasteiger partial charge in [0.05, 0.1) is 19.8 Å². The third kappa shape index (κ3) is 2.35. The first-order valence-corrected chi connectivity index (χ1v) is 4.40. The van der Waals surface area contributed by atoms with E-state index in [1.165, 1.54) is 4.90 Å². The number of carboxylic acid groups (broad SMARTS) is 1. The lowest BCUT2D eigenvalue weighted by atomic mass is 10.2. The van der Waals surface area contributed by atoms with Gasteiger partial charge in [0.25, 0.3) is 0 Å². The van der Waals surface area contributed by atoms with E-state index in [9.17, 15) is 9.59 Å². The van der Waals surface area contributed by atoms with Crippen molar-refractivity contribution in [3.8, 4) is 0 Å². The molecule has 0 aliphatic carbocycles. The van der Waals surface area contributed by atoms with E-state index in [0.717, 1.165) is 0 Å². The molecule has 0 aromatic carbocycles. The molecule has 0 bridgehead atoms. The summed E-state index contributed by atoms with van der Waals surface area (Å²) in [5.74, 6) is -1.07. The van der Waals surface area contributed by atoms with Crippen molar-refractivity contribution in [1.82, 2.24) is 4.90 Å². The average molecular weight is 203 g/mol. The van der Waals surface area contributed by atoms with E-state index >= 15 is 0 Å². The Balaban J connectivity index is 2.62. The van der Waals surface area contributed by atoms with Gasteiger partial charge in [0.1, 0.15) is 0 Å². The van der Waals surface area contributed by atoms with Crippen LogP contribution >= 0.6 is 0 Å². The molecule has 0 spiro atoms. The van der Waals surface area contributed by atoms with Crippen LogP contribution in [0.15, 0.2) is 0 Å². The zero-order chi connectivity index (χ0) is 10.6. The fourth-order valence-corrected chi connectivity index (χ4v) is 1.23. The number of ether oxygens (including phenoxy) is 2. The molecule has 1 fully saturated rings. The van der Waals surface area contributed by atoms with E-state index in [1.54, 1.807) is 6.92 Å². The second-order valence-corrected chi connectivity index (χ2v) is 2.82. The van der Waals surface area contributed by atoms with Crippen molar-refractivity contribution in [2.24, 2.45) is 0 Å².